The summed E-state index contributed by atoms with van der Waals surface area (Å²) < 4.78 is 116. The molecule has 6 bridgehead atoms. The second kappa shape index (κ2) is 40.0. The Labute approximate surface area is 682 Å². The van der Waals surface area contributed by atoms with E-state index in [9.17, 15) is 69.2 Å². The third kappa shape index (κ3) is 23.3. The highest BCUT2D eigenvalue weighted by Gasteiger charge is 2.57. The summed E-state index contributed by atoms with van der Waals surface area (Å²) in [6.07, 6.45) is 10.5. The molecule has 116 heavy (non-hydrogen) atoms. The molecule has 6 aromatic rings. The fraction of sp³-hybridized carbons (Fsp3) is 0.558. The molecule has 9 aliphatic heterocycles. The molecule has 18 rings (SSSR count). The summed E-state index contributed by atoms with van der Waals surface area (Å²) in [5, 5.41) is 67.3. The highest BCUT2D eigenvalue weighted by Crippen LogP contribution is 2.49. The van der Waals surface area contributed by atoms with Gasteiger partial charge in [-0.3, -0.25) is 0 Å². The third-order valence-corrected chi connectivity index (χ3v) is 28.3. The largest absolute Gasteiger partial charge is 0.542 e. The first kappa shape index (κ1) is 90.8. The molecule has 3 saturated carbocycles. The maximum absolute atomic E-state index is 13.5. The first-order valence-corrected chi connectivity index (χ1v) is 42.9. The van der Waals surface area contributed by atoms with Crippen molar-refractivity contribution in [2.24, 2.45) is 35.5 Å². The van der Waals surface area contributed by atoms with Gasteiger partial charge in [-0.1, -0.05) is 154 Å². The van der Waals surface area contributed by atoms with E-state index in [1.807, 2.05) is 58.6 Å². The number of fused-ring (bicyclic) bond motifs is 9. The fourth-order valence-electron chi connectivity index (χ4n) is 18.8. The van der Waals surface area contributed by atoms with Crippen LogP contribution >= 0.6 is 34.0 Å². The number of aliphatic hydroxyl groups is 3. The summed E-state index contributed by atoms with van der Waals surface area (Å²) in [5.74, 6) is -9.00. The lowest BCUT2D eigenvalue weighted by molar-refractivity contribution is -0.946. The van der Waals surface area contributed by atoms with Gasteiger partial charge >= 0.3 is 36.4 Å². The number of carboxylic acids is 3. The van der Waals surface area contributed by atoms with Gasteiger partial charge in [0.15, 0.2) is 35.1 Å². The zero-order valence-corrected chi connectivity index (χ0v) is 67.2. The molecule has 0 radical (unpaired) electrons. The Kier molecular flexibility index (Phi) is 31.3. The second-order valence-electron chi connectivity index (χ2n) is 32.6. The van der Waals surface area contributed by atoms with Gasteiger partial charge in [0.1, 0.15) is 37.5 Å². The van der Waals surface area contributed by atoms with Gasteiger partial charge in [-0.2, -0.15) is 39.5 Å². The highest BCUT2D eigenvalue weighted by atomic mass is 32.1. The Hall–Kier alpha value is -7.55. The van der Waals surface area contributed by atoms with Crippen LogP contribution < -0.4 is 15.3 Å². The van der Waals surface area contributed by atoms with Crippen LogP contribution in [0.4, 0.5) is 39.5 Å². The molecule has 12 fully saturated rings. The first-order valence-electron chi connectivity index (χ1n) is 40.2. The van der Waals surface area contributed by atoms with Crippen molar-refractivity contribution >= 4 is 75.9 Å². The molecule has 18 nitrogen and oxygen atoms in total. The van der Waals surface area contributed by atoms with Crippen LogP contribution in [0.1, 0.15) is 153 Å². The summed E-state index contributed by atoms with van der Waals surface area (Å²) >= 11 is 4.42. The molecule has 12 aliphatic rings. The predicted molar refractivity (Wildman–Crippen MR) is 411 cm³/mol. The lowest BCUT2D eigenvalue weighted by Gasteiger charge is -2.52. The van der Waals surface area contributed by atoms with Crippen molar-refractivity contribution < 1.29 is 127 Å². The van der Waals surface area contributed by atoms with Crippen LogP contribution in [0.15, 0.2) is 150 Å². The zero-order chi connectivity index (χ0) is 83.6. The van der Waals surface area contributed by atoms with E-state index in [4.69, 9.17) is 43.9 Å². The molecule has 0 spiro atoms. The number of ether oxygens (including phenoxy) is 3. The maximum Gasteiger partial charge on any atom is 0.430 e. The number of nitrogens with zero attached hydrogens (tertiary/aromatic N) is 3. The third-order valence-electron chi connectivity index (χ3n) is 25.3. The molecule has 9 saturated heterocycles. The van der Waals surface area contributed by atoms with Crippen molar-refractivity contribution in [1.82, 2.24) is 0 Å². The Balaban J connectivity index is 0.000000163. The molecular formula is C86H104F9N3O15S3. The van der Waals surface area contributed by atoms with Crippen molar-refractivity contribution in [2.45, 2.75) is 188 Å². The summed E-state index contributed by atoms with van der Waals surface area (Å²) in [7, 11) is 0. The number of benzene rings is 3. The molecule has 12 heterocycles. The zero-order valence-electron chi connectivity index (χ0n) is 64.8. The molecular weight excluding hydrogens is 1580 g/mol. The van der Waals surface area contributed by atoms with E-state index in [0.717, 1.165) is 215 Å². The van der Waals surface area contributed by atoms with Crippen molar-refractivity contribution in [3.63, 3.8) is 0 Å². The van der Waals surface area contributed by atoms with Crippen LogP contribution in [0.25, 0.3) is 6.08 Å². The van der Waals surface area contributed by atoms with E-state index in [0.29, 0.717) is 17.8 Å². The number of carbonyl (C=O) groups excluding carboxylic acids is 6. The van der Waals surface area contributed by atoms with Gasteiger partial charge in [-0.15, -0.1) is 34.0 Å². The monoisotopic (exact) mass is 1690 g/mol. The number of esters is 3. The van der Waals surface area contributed by atoms with E-state index >= 15 is 0 Å². The van der Waals surface area contributed by atoms with Gasteiger partial charge < -0.3 is 72.7 Å². The smallest absolute Gasteiger partial charge is 0.430 e. The van der Waals surface area contributed by atoms with E-state index in [-0.39, 0.29) is 36.1 Å². The van der Waals surface area contributed by atoms with Gasteiger partial charge in [-0.05, 0) is 102 Å². The molecule has 0 amide bonds. The Morgan fingerprint density at radius 2 is 0.672 bits per heavy atom. The predicted octanol–water partition coefficient (Wildman–Crippen LogP) is 12.3. The van der Waals surface area contributed by atoms with Crippen LogP contribution in [0, 0.1) is 35.5 Å². The van der Waals surface area contributed by atoms with Gasteiger partial charge in [0, 0.05) is 102 Å². The number of aryl methyl sites for hydroxylation is 1. The number of quaternary nitrogens is 3. The minimum Gasteiger partial charge on any atom is -0.542 e. The molecule has 3 aromatic carbocycles. The minimum absolute atomic E-state index is 0.0243. The number of halogens is 9. The molecule has 0 unspecified atom stereocenters. The van der Waals surface area contributed by atoms with Crippen molar-refractivity contribution in [2.75, 3.05) is 78.5 Å². The van der Waals surface area contributed by atoms with E-state index in [2.05, 4.69) is 97.1 Å². The van der Waals surface area contributed by atoms with Gasteiger partial charge in [-0.25, -0.2) is 14.4 Å². The van der Waals surface area contributed by atoms with E-state index < -0.39 is 71.1 Å². The summed E-state index contributed by atoms with van der Waals surface area (Å²) in [6.45, 7) is 12.9. The van der Waals surface area contributed by atoms with Crippen LogP contribution in [0.5, 0.6) is 0 Å². The Morgan fingerprint density at radius 3 is 0.974 bits per heavy atom. The number of piperidine rings is 9. The van der Waals surface area contributed by atoms with Gasteiger partial charge in [0.25, 0.3) is 0 Å². The maximum atomic E-state index is 13.5. The van der Waals surface area contributed by atoms with E-state index in [1.54, 1.807) is 0 Å². The van der Waals surface area contributed by atoms with Gasteiger partial charge in [0.2, 0.25) is 0 Å². The molecule has 3 aromatic heterocycles. The number of hydrogen-bond acceptors (Lipinski definition) is 18. The highest BCUT2D eigenvalue weighted by molar-refractivity contribution is 7.10. The molecule has 3 N–H and O–H groups in total. The van der Waals surface area contributed by atoms with Crippen molar-refractivity contribution in [1.29, 1.82) is 0 Å². The lowest BCUT2D eigenvalue weighted by Crippen LogP contribution is -2.65. The number of carbonyl (C=O) groups is 6. The molecule has 6 atom stereocenters. The summed E-state index contributed by atoms with van der Waals surface area (Å²) in [4.78, 5) is 69.1. The number of rotatable bonds is 22. The lowest BCUT2D eigenvalue weighted by atomic mass is 9.81. The fourth-order valence-corrected chi connectivity index (χ4v) is 21.5. The Bertz CT molecular complexity index is 4040. The number of hydrogen-bond donors (Lipinski definition) is 3. The minimum atomic E-state index is -5.19. The van der Waals surface area contributed by atoms with E-state index in [1.165, 1.54) is 76.9 Å². The number of alkyl halides is 9. The standard InChI is InChI=1S/C27H36NO3S.C27H34NO3S.C26H34NO3S.3C2HF3O2/c2*29-26(27(30,23-11-4-5-12-23)25-13-7-19-32-25)31-24-20-28(17-14-22(24)15-18-28)16-6-10-21-8-2-1-3-9-21;28-25(26(29,22-9-4-5-10-22)24-11-6-18-31-24)30-23-19-27(16-13-21(23)14-17-27)15-12-20-7-2-1-3-8-20;3*3-2(4,5)1(6)7/h1-3,7-9,13,19,22-24,30H,4-6,10-12,14-18,20H2;1-3,6-10,13,19,22-24,30H,4-5,11-12,14-18,20H2;1-3,6-8,11,18,21-23,29H,4-5,9-10,12-17,19H2;3*(H,6,7)/q3*+1;;;/p-3/t2*22?,24-,27-,28?;21?,23-,26+,27?;;;/m001.../s1. The summed E-state index contributed by atoms with van der Waals surface area (Å²) in [5.41, 5.74) is -0.449. The van der Waals surface area contributed by atoms with Gasteiger partial charge in [0.05, 0.1) is 58.9 Å². The normalized spacial score (nSPS) is 26.6. The molecule has 634 valence electrons. The van der Waals surface area contributed by atoms with Crippen LogP contribution in [-0.2, 0) is 72.6 Å². The van der Waals surface area contributed by atoms with Crippen molar-refractivity contribution in [3.8, 4) is 0 Å². The Morgan fingerprint density at radius 1 is 0.388 bits per heavy atom. The summed E-state index contributed by atoms with van der Waals surface area (Å²) in [6, 6.07) is 43.3. The average molecular weight is 1690 g/mol. The second-order valence-corrected chi connectivity index (χ2v) is 35.4. The van der Waals surface area contributed by atoms with Crippen LogP contribution in [0.2, 0.25) is 0 Å². The number of carboxylic acid groups (broad SMARTS) is 3. The number of aliphatic carboxylic acids is 3. The average Bonchev–Trinajstić information content (AvgIpc) is 0.784. The SMILES string of the molecule is O=C(O[C@@H]1C[N+]2(CCc3ccccc3)CCC1CC2)[C@@](O)(c1cccs1)C1CCCC1.O=C(O[C@H]1C[N+]2(CC=Cc3ccccc3)CCC1CC2)[C@@](O)(c1cccs1)C1CCCC1.O=C(O[C@H]1C[N+]2(CCCc3ccccc3)CCC1CC2)[C@@](O)(c1cccs1)C1CCCC1.O=C([O-])C(F)(F)F.O=C([O-])C(F)(F)F.O=C([O-])C(F)(F)F. The van der Waals surface area contributed by atoms with Crippen molar-refractivity contribution in [3.05, 3.63) is 181 Å². The first-order chi connectivity index (χ1) is 55.1. The van der Waals surface area contributed by atoms with Crippen LogP contribution in [-0.4, -0.2) is 180 Å². The molecule has 3 aliphatic carbocycles. The van der Waals surface area contributed by atoms with Crippen LogP contribution in [0.3, 0.4) is 0 Å². The molecule has 30 heteroatoms. The topological polar surface area (TPSA) is 260 Å². The quantitative estimate of drug-likeness (QED) is 0.0247. The number of thiophene rings is 3.